The van der Waals surface area contributed by atoms with Crippen LogP contribution in [0.1, 0.15) is 24.2 Å². The molecule has 1 rings (SSSR count). The molecule has 0 radical (unpaired) electrons. The number of nitrogens with two attached hydrogens (primary N) is 1. The van der Waals surface area contributed by atoms with Gasteiger partial charge >= 0.3 is 5.97 Å². The van der Waals surface area contributed by atoms with E-state index in [1.54, 1.807) is 0 Å². The third-order valence-corrected chi connectivity index (χ3v) is 3.38. The van der Waals surface area contributed by atoms with Crippen molar-refractivity contribution in [3.8, 4) is 0 Å². The molecule has 0 aromatic heterocycles. The van der Waals surface area contributed by atoms with Crippen molar-refractivity contribution in [1.29, 1.82) is 0 Å². The number of aliphatic carboxylic acids is 1. The van der Waals surface area contributed by atoms with Gasteiger partial charge < -0.3 is 16.2 Å². The van der Waals surface area contributed by atoms with E-state index in [-0.39, 0.29) is 10.6 Å². The van der Waals surface area contributed by atoms with Gasteiger partial charge in [0.1, 0.15) is 0 Å². The minimum atomic E-state index is -1.05. The zero-order valence-electron chi connectivity index (χ0n) is 11.0. The fraction of sp³-hybridized carbons (Fsp3) is 0.308. The van der Waals surface area contributed by atoms with E-state index < -0.39 is 29.6 Å². The quantitative estimate of drug-likeness (QED) is 0.769. The Morgan fingerprint density at radius 3 is 2.35 bits per heavy atom. The van der Waals surface area contributed by atoms with Gasteiger partial charge in [-0.05, 0) is 18.2 Å². The molecular weight excluding hydrogens is 284 g/mol. The molecule has 1 aromatic rings. The van der Waals surface area contributed by atoms with Gasteiger partial charge in [0.2, 0.25) is 11.8 Å². The molecule has 0 saturated heterocycles. The van der Waals surface area contributed by atoms with E-state index in [0.29, 0.717) is 5.69 Å². The highest BCUT2D eigenvalue weighted by Gasteiger charge is 2.25. The molecule has 2 atom stereocenters. The second-order valence-electron chi connectivity index (χ2n) is 4.46. The lowest BCUT2D eigenvalue weighted by Gasteiger charge is -2.16. The molecule has 20 heavy (non-hydrogen) atoms. The standard InChI is InChI=1S/C13H15ClN2O4/c1-6(7(2)13(19)20)12(18)16-8-3-4-10(14)9(5-8)11(15)17/h3-7H,1-2H3,(H2,15,17)(H,16,18)(H,19,20). The van der Waals surface area contributed by atoms with E-state index >= 15 is 0 Å². The lowest BCUT2D eigenvalue weighted by molar-refractivity contribution is -0.145. The van der Waals surface area contributed by atoms with Gasteiger partial charge in [-0.25, -0.2) is 0 Å². The van der Waals surface area contributed by atoms with Gasteiger partial charge in [0.25, 0.3) is 0 Å². The van der Waals surface area contributed by atoms with Gasteiger partial charge in [0.15, 0.2) is 0 Å². The summed E-state index contributed by atoms with van der Waals surface area (Å²) in [6.07, 6.45) is 0. The summed E-state index contributed by atoms with van der Waals surface area (Å²) < 4.78 is 0. The summed E-state index contributed by atoms with van der Waals surface area (Å²) in [7, 11) is 0. The molecule has 2 amide bonds. The van der Waals surface area contributed by atoms with E-state index in [1.165, 1.54) is 32.0 Å². The van der Waals surface area contributed by atoms with Crippen LogP contribution < -0.4 is 11.1 Å². The molecule has 0 aliphatic rings. The third-order valence-electron chi connectivity index (χ3n) is 3.05. The van der Waals surface area contributed by atoms with Crippen LogP contribution in [0.25, 0.3) is 0 Å². The number of carbonyl (C=O) groups excluding carboxylic acids is 2. The van der Waals surface area contributed by atoms with E-state index in [9.17, 15) is 14.4 Å². The number of benzene rings is 1. The summed E-state index contributed by atoms with van der Waals surface area (Å²) in [5.74, 6) is -3.77. The zero-order chi connectivity index (χ0) is 15.4. The number of carboxylic acids is 1. The first kappa shape index (κ1) is 16.0. The van der Waals surface area contributed by atoms with Crippen LogP contribution in [0.3, 0.4) is 0 Å². The minimum Gasteiger partial charge on any atom is -0.481 e. The number of carboxylic acid groups (broad SMARTS) is 1. The fourth-order valence-electron chi connectivity index (χ4n) is 1.49. The van der Waals surface area contributed by atoms with Crippen molar-refractivity contribution in [1.82, 2.24) is 0 Å². The lowest BCUT2D eigenvalue weighted by atomic mass is 9.95. The number of hydrogen-bond acceptors (Lipinski definition) is 3. The smallest absolute Gasteiger partial charge is 0.307 e. The van der Waals surface area contributed by atoms with Crippen molar-refractivity contribution in [2.75, 3.05) is 5.32 Å². The van der Waals surface area contributed by atoms with Crippen LogP contribution in [0, 0.1) is 11.8 Å². The molecule has 7 heteroatoms. The summed E-state index contributed by atoms with van der Waals surface area (Å²) >= 11 is 5.79. The molecular formula is C13H15ClN2O4. The molecule has 0 saturated carbocycles. The Bertz CT molecular complexity index is 559. The molecule has 0 aliphatic carbocycles. The Hall–Kier alpha value is -2.08. The first-order valence-corrected chi connectivity index (χ1v) is 6.25. The molecule has 6 nitrogen and oxygen atoms in total. The number of hydrogen-bond donors (Lipinski definition) is 3. The summed E-state index contributed by atoms with van der Waals surface area (Å²) in [6, 6.07) is 4.29. The topological polar surface area (TPSA) is 109 Å². The third kappa shape index (κ3) is 3.71. The monoisotopic (exact) mass is 298 g/mol. The van der Waals surface area contributed by atoms with E-state index in [2.05, 4.69) is 5.32 Å². The molecule has 0 spiro atoms. The predicted molar refractivity (Wildman–Crippen MR) is 74.6 cm³/mol. The van der Waals surface area contributed by atoms with Crippen LogP contribution in [0.4, 0.5) is 5.69 Å². The molecule has 0 bridgehead atoms. The van der Waals surface area contributed by atoms with Crippen molar-refractivity contribution in [3.63, 3.8) is 0 Å². The van der Waals surface area contributed by atoms with Crippen molar-refractivity contribution in [2.45, 2.75) is 13.8 Å². The van der Waals surface area contributed by atoms with Gasteiger partial charge in [0.05, 0.1) is 16.5 Å². The van der Waals surface area contributed by atoms with Gasteiger partial charge in [-0.1, -0.05) is 25.4 Å². The lowest BCUT2D eigenvalue weighted by Crippen LogP contribution is -2.30. The molecule has 0 aliphatic heterocycles. The minimum absolute atomic E-state index is 0.0865. The van der Waals surface area contributed by atoms with E-state index in [4.69, 9.17) is 22.4 Å². The normalized spacial score (nSPS) is 13.3. The molecule has 4 N–H and O–H groups in total. The highest BCUT2D eigenvalue weighted by molar-refractivity contribution is 6.34. The molecule has 0 heterocycles. The Balaban J connectivity index is 2.89. The zero-order valence-corrected chi connectivity index (χ0v) is 11.8. The van der Waals surface area contributed by atoms with Crippen LogP contribution in [0.2, 0.25) is 5.02 Å². The highest BCUT2D eigenvalue weighted by Crippen LogP contribution is 2.21. The van der Waals surface area contributed by atoms with Crippen LogP contribution >= 0.6 is 11.6 Å². The predicted octanol–water partition coefficient (Wildman–Crippen LogP) is 1.73. The van der Waals surface area contributed by atoms with Crippen molar-refractivity contribution in [2.24, 2.45) is 17.6 Å². The maximum Gasteiger partial charge on any atom is 0.307 e. The van der Waals surface area contributed by atoms with E-state index in [0.717, 1.165) is 0 Å². The number of carbonyl (C=O) groups is 3. The number of anilines is 1. The maximum atomic E-state index is 11.9. The fourth-order valence-corrected chi connectivity index (χ4v) is 1.70. The molecule has 2 unspecified atom stereocenters. The number of nitrogens with one attached hydrogen (secondary N) is 1. The van der Waals surface area contributed by atoms with Crippen molar-refractivity contribution < 1.29 is 19.5 Å². The van der Waals surface area contributed by atoms with Crippen LogP contribution in [-0.2, 0) is 9.59 Å². The number of amides is 2. The Morgan fingerprint density at radius 2 is 1.85 bits per heavy atom. The second-order valence-corrected chi connectivity index (χ2v) is 4.87. The average Bonchev–Trinajstić information content (AvgIpc) is 2.38. The highest BCUT2D eigenvalue weighted by atomic mass is 35.5. The number of rotatable bonds is 5. The Morgan fingerprint density at radius 1 is 1.25 bits per heavy atom. The van der Waals surface area contributed by atoms with E-state index in [1.807, 2.05) is 0 Å². The number of primary amides is 1. The SMILES string of the molecule is CC(C(=O)O)C(C)C(=O)Nc1ccc(Cl)c(C(N)=O)c1. The first-order chi connectivity index (χ1) is 9.23. The largest absolute Gasteiger partial charge is 0.481 e. The molecule has 0 fully saturated rings. The Labute approximate surface area is 120 Å². The summed E-state index contributed by atoms with van der Waals surface area (Å²) in [4.78, 5) is 33.9. The van der Waals surface area contributed by atoms with Crippen molar-refractivity contribution in [3.05, 3.63) is 28.8 Å². The van der Waals surface area contributed by atoms with Crippen LogP contribution in [0.5, 0.6) is 0 Å². The van der Waals surface area contributed by atoms with Gasteiger partial charge in [0, 0.05) is 11.6 Å². The van der Waals surface area contributed by atoms with Crippen molar-refractivity contribution >= 4 is 35.1 Å². The van der Waals surface area contributed by atoms with Gasteiger partial charge in [-0.2, -0.15) is 0 Å². The van der Waals surface area contributed by atoms with Gasteiger partial charge in [-0.3, -0.25) is 14.4 Å². The first-order valence-electron chi connectivity index (χ1n) is 5.87. The average molecular weight is 299 g/mol. The maximum absolute atomic E-state index is 11.9. The molecule has 108 valence electrons. The summed E-state index contributed by atoms with van der Waals surface area (Å²) in [5, 5.41) is 11.6. The summed E-state index contributed by atoms with van der Waals surface area (Å²) in [6.45, 7) is 2.96. The van der Waals surface area contributed by atoms with Crippen LogP contribution in [-0.4, -0.2) is 22.9 Å². The Kier molecular flexibility index (Phi) is 5.10. The molecule has 1 aromatic carbocycles. The van der Waals surface area contributed by atoms with Crippen LogP contribution in [0.15, 0.2) is 18.2 Å². The second kappa shape index (κ2) is 6.38. The summed E-state index contributed by atoms with van der Waals surface area (Å²) in [5.41, 5.74) is 5.57. The van der Waals surface area contributed by atoms with Gasteiger partial charge in [-0.15, -0.1) is 0 Å². The number of halogens is 1.